The fourth-order valence-corrected chi connectivity index (χ4v) is 9.37. The summed E-state index contributed by atoms with van der Waals surface area (Å²) in [5.74, 6) is -1.50. The van der Waals surface area contributed by atoms with Crippen molar-refractivity contribution in [3.63, 3.8) is 0 Å². The lowest BCUT2D eigenvalue weighted by Gasteiger charge is -2.21. The highest BCUT2D eigenvalue weighted by molar-refractivity contribution is 7.47. The fraction of sp³-hybridized carbons (Fsp3) is 0.721. The topological polar surface area (TPSA) is 155 Å². The van der Waals surface area contributed by atoms with Crippen molar-refractivity contribution in [1.29, 1.82) is 0 Å². The number of hydrogen-bond acceptors (Lipinski definition) is 10. The largest absolute Gasteiger partial charge is 0.472 e. The number of rotatable bonds is 59. The molecule has 0 saturated heterocycles. The van der Waals surface area contributed by atoms with Crippen molar-refractivity contribution in [1.82, 2.24) is 0 Å². The Morgan fingerprint density at radius 2 is 0.650 bits per heavy atom. The molecule has 0 fully saturated rings. The van der Waals surface area contributed by atoms with Gasteiger partial charge in [-0.15, -0.1) is 0 Å². The van der Waals surface area contributed by atoms with Crippen LogP contribution < -0.4 is 0 Å². The van der Waals surface area contributed by atoms with Crippen LogP contribution in [0.3, 0.4) is 0 Å². The Labute approximate surface area is 489 Å². The summed E-state index contributed by atoms with van der Waals surface area (Å²) in [5.41, 5.74) is 0. The summed E-state index contributed by atoms with van der Waals surface area (Å²) in [5, 5.41) is 9.86. The zero-order valence-electron chi connectivity index (χ0n) is 51.0. The Balaban J connectivity index is 4.72. The lowest BCUT2D eigenvalue weighted by Crippen LogP contribution is -2.30. The van der Waals surface area contributed by atoms with E-state index >= 15 is 0 Å². The molecule has 0 saturated carbocycles. The molecule has 0 spiro atoms. The van der Waals surface area contributed by atoms with E-state index in [2.05, 4.69) is 118 Å². The molecule has 0 bridgehead atoms. The van der Waals surface area contributed by atoms with Crippen molar-refractivity contribution in [2.24, 2.45) is 0 Å². The number of phosphoric acid groups is 1. The average molecular weight is 1140 g/mol. The van der Waals surface area contributed by atoms with Crippen LogP contribution in [-0.2, 0) is 42.2 Å². The highest BCUT2D eigenvalue weighted by atomic mass is 31.2. The lowest BCUT2D eigenvalue weighted by molar-refractivity contribution is -0.161. The standard InChI is InChI=1S/C68H117O11P/c1-4-7-10-13-16-19-22-25-28-30-32-34-37-40-43-46-49-52-55-58-67(71)78-64(60-69)62-76-80(73,74)77-63-65(61-75-66(70)57-54-51-48-45-42-39-36-27-24-21-18-15-12-9-6-3)79-68(72)59-56-53-50-47-44-41-38-35-33-31-29-26-23-20-17-14-11-8-5-2/h9,12,16-21,25-29,33,35-36,64-65,69H,4-8,10-11,13-15,22-24,30-32,34,37-63H2,1-3H3,(H,73,74)/b12-9-,19-16-,20-17-,21-18-,28-25-,29-26-,35-33-,36-27-. The van der Waals surface area contributed by atoms with E-state index in [4.69, 9.17) is 23.3 Å². The molecule has 3 unspecified atom stereocenters. The molecule has 2 N–H and O–H groups in total. The van der Waals surface area contributed by atoms with E-state index in [1.165, 1.54) is 83.5 Å². The van der Waals surface area contributed by atoms with Gasteiger partial charge >= 0.3 is 25.7 Å². The van der Waals surface area contributed by atoms with Gasteiger partial charge in [-0.25, -0.2) is 4.57 Å². The van der Waals surface area contributed by atoms with Crippen LogP contribution in [0.4, 0.5) is 0 Å². The first-order chi connectivity index (χ1) is 39.2. The van der Waals surface area contributed by atoms with E-state index in [9.17, 15) is 28.9 Å². The summed E-state index contributed by atoms with van der Waals surface area (Å²) in [6.45, 7) is 4.47. The SMILES string of the molecule is CC/C=C\C/C=C\C/C=C\CCCCCCCC(=O)OCC(COP(=O)(O)OCC(CO)OC(=O)CCCCCCCCCCC/C=C\C/C=C\CCCCC)OC(=O)CCCCCCCC/C=C\C/C=C\C/C=C\CCCCC. The molecule has 3 atom stereocenters. The second-order valence-electron chi connectivity index (χ2n) is 21.2. The third kappa shape index (κ3) is 59.0. The smallest absolute Gasteiger partial charge is 0.462 e. The maximum Gasteiger partial charge on any atom is 0.472 e. The van der Waals surface area contributed by atoms with E-state index in [-0.39, 0.29) is 25.9 Å². The molecule has 0 radical (unpaired) electrons. The number of esters is 3. The number of aliphatic hydroxyl groups excluding tert-OH is 1. The molecule has 0 amide bonds. The Hall–Kier alpha value is -3.60. The summed E-state index contributed by atoms with van der Waals surface area (Å²) in [4.78, 5) is 48.8. The Morgan fingerprint density at radius 3 is 1.00 bits per heavy atom. The van der Waals surface area contributed by atoms with E-state index < -0.39 is 57.8 Å². The molecule has 0 rings (SSSR count). The number of aliphatic hydroxyl groups is 1. The van der Waals surface area contributed by atoms with Crippen molar-refractivity contribution < 1.29 is 52.2 Å². The molecular formula is C68H117O11P. The molecule has 0 aromatic rings. The van der Waals surface area contributed by atoms with Crippen molar-refractivity contribution >= 4 is 25.7 Å². The summed E-state index contributed by atoms with van der Waals surface area (Å²) in [6, 6.07) is 0. The van der Waals surface area contributed by atoms with E-state index in [0.29, 0.717) is 19.3 Å². The van der Waals surface area contributed by atoms with E-state index in [1.807, 2.05) is 0 Å². The van der Waals surface area contributed by atoms with Gasteiger partial charge in [-0.2, -0.15) is 0 Å². The van der Waals surface area contributed by atoms with Gasteiger partial charge in [0.25, 0.3) is 0 Å². The molecule has 0 aliphatic carbocycles. The first-order valence-electron chi connectivity index (χ1n) is 32.1. The second kappa shape index (κ2) is 61.5. The molecule has 80 heavy (non-hydrogen) atoms. The molecular weight excluding hydrogens is 1020 g/mol. The predicted octanol–water partition coefficient (Wildman–Crippen LogP) is 19.6. The third-order valence-electron chi connectivity index (χ3n) is 13.5. The van der Waals surface area contributed by atoms with Crippen LogP contribution in [-0.4, -0.2) is 66.5 Å². The third-order valence-corrected chi connectivity index (χ3v) is 14.4. The molecule has 12 heteroatoms. The normalized spacial score (nSPS) is 13.9. The number of unbranched alkanes of at least 4 members (excludes halogenated alkanes) is 26. The summed E-state index contributed by atoms with van der Waals surface area (Å²) < 4.78 is 39.7. The fourth-order valence-electron chi connectivity index (χ4n) is 8.58. The van der Waals surface area contributed by atoms with Gasteiger partial charge < -0.3 is 24.2 Å². The minimum absolute atomic E-state index is 0.145. The molecule has 0 aliphatic rings. The van der Waals surface area contributed by atoms with Crippen molar-refractivity contribution in [3.8, 4) is 0 Å². The van der Waals surface area contributed by atoms with Crippen LogP contribution in [0.1, 0.15) is 278 Å². The monoisotopic (exact) mass is 1140 g/mol. The predicted molar refractivity (Wildman–Crippen MR) is 334 cm³/mol. The molecule has 0 aromatic carbocycles. The summed E-state index contributed by atoms with van der Waals surface area (Å²) in [7, 11) is -4.77. The minimum Gasteiger partial charge on any atom is -0.462 e. The quantitative estimate of drug-likeness (QED) is 0.0197. The Kier molecular flexibility index (Phi) is 58.7. The van der Waals surface area contributed by atoms with Gasteiger partial charge in [-0.05, 0) is 122 Å². The van der Waals surface area contributed by atoms with Crippen molar-refractivity contribution in [2.45, 2.75) is 290 Å². The van der Waals surface area contributed by atoms with Crippen LogP contribution in [0.15, 0.2) is 97.2 Å². The van der Waals surface area contributed by atoms with Crippen LogP contribution in [0.25, 0.3) is 0 Å². The zero-order valence-corrected chi connectivity index (χ0v) is 51.9. The highest BCUT2D eigenvalue weighted by Gasteiger charge is 2.28. The minimum atomic E-state index is -4.77. The van der Waals surface area contributed by atoms with Gasteiger partial charge in [0.2, 0.25) is 0 Å². The van der Waals surface area contributed by atoms with Gasteiger partial charge in [-0.1, -0.05) is 234 Å². The molecule has 11 nitrogen and oxygen atoms in total. The van der Waals surface area contributed by atoms with Gasteiger partial charge in [-0.3, -0.25) is 23.4 Å². The van der Waals surface area contributed by atoms with Gasteiger partial charge in [0.15, 0.2) is 6.10 Å². The number of carbonyl (C=O) groups excluding carboxylic acids is 3. The van der Waals surface area contributed by atoms with Crippen LogP contribution in [0.5, 0.6) is 0 Å². The Bertz CT molecular complexity index is 1710. The van der Waals surface area contributed by atoms with Gasteiger partial charge in [0, 0.05) is 19.3 Å². The number of phosphoric ester groups is 1. The maximum atomic E-state index is 13.0. The molecule has 460 valence electrons. The van der Waals surface area contributed by atoms with Crippen LogP contribution >= 0.6 is 7.82 Å². The van der Waals surface area contributed by atoms with Gasteiger partial charge in [0.1, 0.15) is 12.7 Å². The average Bonchev–Trinajstić information content (AvgIpc) is 3.45. The summed E-state index contributed by atoms with van der Waals surface area (Å²) >= 11 is 0. The number of ether oxygens (including phenoxy) is 3. The zero-order chi connectivity index (χ0) is 58.3. The van der Waals surface area contributed by atoms with Crippen molar-refractivity contribution in [2.75, 3.05) is 26.4 Å². The van der Waals surface area contributed by atoms with E-state index in [0.717, 1.165) is 135 Å². The second-order valence-corrected chi connectivity index (χ2v) is 22.6. The highest BCUT2D eigenvalue weighted by Crippen LogP contribution is 2.43. The van der Waals surface area contributed by atoms with Crippen LogP contribution in [0.2, 0.25) is 0 Å². The first kappa shape index (κ1) is 76.4. The maximum absolute atomic E-state index is 13.0. The number of hydrogen-bond donors (Lipinski definition) is 2. The molecule has 0 heterocycles. The summed E-state index contributed by atoms with van der Waals surface area (Å²) in [6.07, 6.45) is 73.5. The first-order valence-corrected chi connectivity index (χ1v) is 33.6. The lowest BCUT2D eigenvalue weighted by atomic mass is 10.1. The Morgan fingerprint density at radius 1 is 0.362 bits per heavy atom. The van der Waals surface area contributed by atoms with E-state index in [1.54, 1.807) is 0 Å². The van der Waals surface area contributed by atoms with Crippen molar-refractivity contribution in [3.05, 3.63) is 97.2 Å². The van der Waals surface area contributed by atoms with Crippen LogP contribution in [0, 0.1) is 0 Å². The molecule has 0 aliphatic heterocycles. The molecule has 0 aromatic heterocycles. The van der Waals surface area contributed by atoms with Gasteiger partial charge in [0.05, 0.1) is 19.8 Å². The number of allylic oxidation sites excluding steroid dienone is 16. The number of carbonyl (C=O) groups is 3.